The first-order chi connectivity index (χ1) is 8.92. The minimum atomic E-state index is -1.11. The Kier molecular flexibility index (Phi) is 5.20. The highest BCUT2D eigenvalue weighted by Crippen LogP contribution is 2.30. The normalized spacial score (nSPS) is 14.7. The van der Waals surface area contributed by atoms with Crippen molar-refractivity contribution in [2.24, 2.45) is 5.41 Å². The molecule has 0 amide bonds. The van der Waals surface area contributed by atoms with Gasteiger partial charge in [0.25, 0.3) is 0 Å². The molecule has 1 atom stereocenters. The molecule has 0 aliphatic carbocycles. The fourth-order valence-corrected chi connectivity index (χ4v) is 3.85. The maximum atomic E-state index is 12.8. The summed E-state index contributed by atoms with van der Waals surface area (Å²) in [7, 11) is 0.831. The van der Waals surface area contributed by atoms with Gasteiger partial charge in [-0.15, -0.1) is 0 Å². The first-order valence-electron chi connectivity index (χ1n) is 7.16. The Labute approximate surface area is 127 Å². The van der Waals surface area contributed by atoms with Crippen LogP contribution in [0.15, 0.2) is 23.1 Å². The lowest BCUT2D eigenvalue weighted by molar-refractivity contribution is 0.320. The molecule has 1 aromatic rings. The van der Waals surface area contributed by atoms with Gasteiger partial charge in [-0.25, -0.2) is 8.51 Å². The Morgan fingerprint density at radius 3 is 2.10 bits per heavy atom. The number of aryl methyl sites for hydroxylation is 1. The standard InChI is InChI=1S/C17H29NOS/c1-13-9-10-15(14(11-13)17(5,6)7)20(19)18(8)12-16(2,3)4/h9-11H,12H2,1-8H3. The van der Waals surface area contributed by atoms with Crippen molar-refractivity contribution in [1.29, 1.82) is 0 Å². The quantitative estimate of drug-likeness (QED) is 0.814. The van der Waals surface area contributed by atoms with Crippen LogP contribution in [0.3, 0.4) is 0 Å². The summed E-state index contributed by atoms with van der Waals surface area (Å²) in [5, 5.41) is 0. The minimum absolute atomic E-state index is 0.000411. The van der Waals surface area contributed by atoms with Crippen molar-refractivity contribution in [3.05, 3.63) is 29.3 Å². The summed E-state index contributed by atoms with van der Waals surface area (Å²) in [5.74, 6) is 0. The molecule has 0 aliphatic heterocycles. The molecule has 0 saturated carbocycles. The molecule has 1 rings (SSSR count). The van der Waals surface area contributed by atoms with E-state index in [1.165, 1.54) is 11.1 Å². The van der Waals surface area contributed by atoms with E-state index < -0.39 is 11.0 Å². The van der Waals surface area contributed by atoms with Crippen LogP contribution < -0.4 is 0 Å². The fraction of sp³-hybridized carbons (Fsp3) is 0.647. The number of nitrogens with zero attached hydrogens (tertiary/aromatic N) is 1. The van der Waals surface area contributed by atoms with Gasteiger partial charge in [0.2, 0.25) is 0 Å². The van der Waals surface area contributed by atoms with Crippen molar-refractivity contribution in [1.82, 2.24) is 4.31 Å². The van der Waals surface area contributed by atoms with E-state index in [2.05, 4.69) is 54.5 Å². The van der Waals surface area contributed by atoms with E-state index >= 15 is 0 Å². The molecule has 0 aromatic heterocycles. The summed E-state index contributed by atoms with van der Waals surface area (Å²) in [6.07, 6.45) is 0. The lowest BCUT2D eigenvalue weighted by Crippen LogP contribution is -2.32. The Bertz CT molecular complexity index is 495. The molecule has 0 spiro atoms. The van der Waals surface area contributed by atoms with E-state index in [1.54, 1.807) is 0 Å². The molecule has 20 heavy (non-hydrogen) atoms. The predicted molar refractivity (Wildman–Crippen MR) is 88.4 cm³/mol. The van der Waals surface area contributed by atoms with Crippen LogP contribution in [0.5, 0.6) is 0 Å². The molecule has 114 valence electrons. The maximum absolute atomic E-state index is 12.8. The van der Waals surface area contributed by atoms with Crippen LogP contribution >= 0.6 is 0 Å². The summed E-state index contributed by atoms with van der Waals surface area (Å²) in [5.41, 5.74) is 2.53. The summed E-state index contributed by atoms with van der Waals surface area (Å²) < 4.78 is 14.8. The predicted octanol–water partition coefficient (Wildman–Crippen LogP) is 4.29. The number of benzene rings is 1. The van der Waals surface area contributed by atoms with Crippen LogP contribution in [-0.2, 0) is 16.4 Å². The first-order valence-corrected chi connectivity index (χ1v) is 8.27. The van der Waals surface area contributed by atoms with Crippen LogP contribution in [0.1, 0.15) is 52.7 Å². The van der Waals surface area contributed by atoms with Gasteiger partial charge < -0.3 is 0 Å². The number of rotatable bonds is 3. The lowest BCUT2D eigenvalue weighted by atomic mass is 9.86. The van der Waals surface area contributed by atoms with Crippen LogP contribution in [0.4, 0.5) is 0 Å². The minimum Gasteiger partial charge on any atom is -0.237 e. The molecule has 0 saturated heterocycles. The van der Waals surface area contributed by atoms with Crippen LogP contribution in [0, 0.1) is 12.3 Å². The Balaban J connectivity index is 3.17. The third-order valence-electron chi connectivity index (χ3n) is 3.11. The van der Waals surface area contributed by atoms with Crippen molar-refractivity contribution in [2.75, 3.05) is 13.6 Å². The first kappa shape index (κ1) is 17.4. The van der Waals surface area contributed by atoms with Crippen LogP contribution in [0.2, 0.25) is 0 Å². The summed E-state index contributed by atoms with van der Waals surface area (Å²) in [6.45, 7) is 15.9. The molecule has 3 heteroatoms. The largest absolute Gasteiger partial charge is 0.237 e. The summed E-state index contributed by atoms with van der Waals surface area (Å²) in [6, 6.07) is 6.23. The fourth-order valence-electron chi connectivity index (χ4n) is 2.28. The molecule has 1 aromatic carbocycles. The number of hydrogen-bond donors (Lipinski definition) is 0. The molecule has 0 radical (unpaired) electrons. The second-order valence-electron chi connectivity index (χ2n) is 7.85. The monoisotopic (exact) mass is 295 g/mol. The Morgan fingerprint density at radius 1 is 1.10 bits per heavy atom. The maximum Gasteiger partial charge on any atom is 0.127 e. The van der Waals surface area contributed by atoms with Gasteiger partial charge in [-0.1, -0.05) is 59.2 Å². The van der Waals surface area contributed by atoms with E-state index in [1.807, 2.05) is 23.5 Å². The molecular weight excluding hydrogens is 266 g/mol. The van der Waals surface area contributed by atoms with Crippen molar-refractivity contribution in [3.63, 3.8) is 0 Å². The summed E-state index contributed by atoms with van der Waals surface area (Å²) >= 11 is 0. The third kappa shape index (κ3) is 4.71. The van der Waals surface area contributed by atoms with Crippen molar-refractivity contribution in [3.8, 4) is 0 Å². The van der Waals surface area contributed by atoms with Crippen molar-refractivity contribution < 1.29 is 4.21 Å². The second kappa shape index (κ2) is 5.98. The molecular formula is C17H29NOS. The average molecular weight is 295 g/mol. The van der Waals surface area contributed by atoms with E-state index in [-0.39, 0.29) is 10.8 Å². The third-order valence-corrected chi connectivity index (χ3v) is 4.54. The summed E-state index contributed by atoms with van der Waals surface area (Å²) in [4.78, 5) is 0.940. The SMILES string of the molecule is Cc1ccc(S(=O)N(C)CC(C)(C)C)c(C(C)(C)C)c1. The smallest absolute Gasteiger partial charge is 0.127 e. The van der Waals surface area contributed by atoms with Crippen molar-refractivity contribution >= 4 is 11.0 Å². The second-order valence-corrected chi connectivity index (χ2v) is 9.41. The average Bonchev–Trinajstić information content (AvgIpc) is 2.24. The van der Waals surface area contributed by atoms with Gasteiger partial charge in [-0.3, -0.25) is 0 Å². The molecule has 0 heterocycles. The highest BCUT2D eigenvalue weighted by atomic mass is 32.2. The molecule has 0 bridgehead atoms. The van der Waals surface area contributed by atoms with Gasteiger partial charge in [0, 0.05) is 13.6 Å². The zero-order valence-corrected chi connectivity index (χ0v) is 15.0. The lowest BCUT2D eigenvalue weighted by Gasteiger charge is -2.28. The zero-order valence-electron chi connectivity index (χ0n) is 14.2. The van der Waals surface area contributed by atoms with E-state index in [0.29, 0.717) is 0 Å². The van der Waals surface area contributed by atoms with Gasteiger partial charge in [0.05, 0.1) is 4.90 Å². The van der Waals surface area contributed by atoms with Gasteiger partial charge in [-0.05, 0) is 29.4 Å². The topological polar surface area (TPSA) is 20.3 Å². The van der Waals surface area contributed by atoms with Gasteiger partial charge >= 0.3 is 0 Å². The van der Waals surface area contributed by atoms with Crippen molar-refractivity contribution in [2.45, 2.75) is 58.8 Å². The van der Waals surface area contributed by atoms with Gasteiger partial charge in [0.1, 0.15) is 11.0 Å². The van der Waals surface area contributed by atoms with E-state index in [4.69, 9.17) is 0 Å². The number of hydrogen-bond acceptors (Lipinski definition) is 1. The van der Waals surface area contributed by atoms with E-state index in [0.717, 1.165) is 11.4 Å². The molecule has 0 N–H and O–H groups in total. The molecule has 1 unspecified atom stereocenters. The molecule has 0 fully saturated rings. The van der Waals surface area contributed by atoms with Crippen LogP contribution in [0.25, 0.3) is 0 Å². The zero-order chi connectivity index (χ0) is 15.7. The molecule has 2 nitrogen and oxygen atoms in total. The Morgan fingerprint density at radius 2 is 1.65 bits per heavy atom. The highest BCUT2D eigenvalue weighted by molar-refractivity contribution is 7.82. The van der Waals surface area contributed by atoms with E-state index in [9.17, 15) is 4.21 Å². The van der Waals surface area contributed by atoms with Gasteiger partial charge in [-0.2, -0.15) is 0 Å². The van der Waals surface area contributed by atoms with Crippen LogP contribution in [-0.4, -0.2) is 22.1 Å². The Hall–Kier alpha value is -0.670. The highest BCUT2D eigenvalue weighted by Gasteiger charge is 2.25. The molecule has 0 aliphatic rings. The van der Waals surface area contributed by atoms with Gasteiger partial charge in [0.15, 0.2) is 0 Å².